The molecule has 3 heterocycles. The summed E-state index contributed by atoms with van der Waals surface area (Å²) in [5, 5.41) is 6.99. The molecule has 0 radical (unpaired) electrons. The fourth-order valence-electron chi connectivity index (χ4n) is 3.21. The largest absolute Gasteiger partial charge is 0.454 e. The lowest BCUT2D eigenvalue weighted by Crippen LogP contribution is -2.37. The number of benzene rings is 1. The third-order valence-electron chi connectivity index (χ3n) is 4.78. The summed E-state index contributed by atoms with van der Waals surface area (Å²) in [7, 11) is 0. The number of thioether (sulfide) groups is 1. The van der Waals surface area contributed by atoms with Crippen molar-refractivity contribution in [1.29, 1.82) is 0 Å². The van der Waals surface area contributed by atoms with Gasteiger partial charge < -0.3 is 14.6 Å². The van der Waals surface area contributed by atoms with E-state index in [1.165, 1.54) is 0 Å². The number of carbonyl (C=O) groups excluding carboxylic acids is 2. The summed E-state index contributed by atoms with van der Waals surface area (Å²) in [6.07, 6.45) is 3.52. The number of aryl methyl sites for hydroxylation is 1. The van der Waals surface area contributed by atoms with E-state index >= 15 is 0 Å². The van der Waals surface area contributed by atoms with E-state index < -0.39 is 0 Å². The summed E-state index contributed by atoms with van der Waals surface area (Å²) in [5.41, 5.74) is 2.14. The van der Waals surface area contributed by atoms with Gasteiger partial charge in [0.1, 0.15) is 5.76 Å². The summed E-state index contributed by atoms with van der Waals surface area (Å²) < 4.78 is 7.36. The number of carbonyl (C=O) groups is 2. The van der Waals surface area contributed by atoms with E-state index in [0.29, 0.717) is 23.6 Å². The van der Waals surface area contributed by atoms with Crippen molar-refractivity contribution in [2.45, 2.75) is 13.5 Å². The number of nitrogens with zero attached hydrogens (tertiary/aromatic N) is 3. The predicted octanol–water partition coefficient (Wildman–Crippen LogP) is 3.27. The van der Waals surface area contributed by atoms with Crippen LogP contribution in [-0.2, 0) is 6.54 Å². The van der Waals surface area contributed by atoms with Gasteiger partial charge in [0.05, 0.1) is 6.54 Å². The lowest BCUT2D eigenvalue weighted by atomic mass is 10.1. The van der Waals surface area contributed by atoms with E-state index in [2.05, 4.69) is 10.4 Å². The van der Waals surface area contributed by atoms with Gasteiger partial charge >= 0.3 is 0 Å². The lowest BCUT2D eigenvalue weighted by molar-refractivity contribution is 0.0772. The zero-order chi connectivity index (χ0) is 20.2. The number of hydrogen-bond acceptors (Lipinski definition) is 5. The van der Waals surface area contributed by atoms with Crippen molar-refractivity contribution in [3.8, 4) is 0 Å². The van der Waals surface area contributed by atoms with E-state index in [4.69, 9.17) is 4.42 Å². The van der Waals surface area contributed by atoms with Gasteiger partial charge in [-0.1, -0.05) is 0 Å². The average Bonchev–Trinajstić information content (AvgIpc) is 3.42. The summed E-state index contributed by atoms with van der Waals surface area (Å²) in [6, 6.07) is 10.6. The SMILES string of the molecule is Cc1cc(C(=O)N2CCSCC2)ccc1NC(=O)c1ccc(Cn2cccn2)o1. The molecule has 1 aliphatic rings. The van der Waals surface area contributed by atoms with Crippen LogP contribution >= 0.6 is 11.8 Å². The van der Waals surface area contributed by atoms with Crippen molar-refractivity contribution in [3.05, 3.63) is 71.4 Å². The Balaban J connectivity index is 1.42. The Morgan fingerprint density at radius 3 is 2.76 bits per heavy atom. The van der Waals surface area contributed by atoms with Crippen molar-refractivity contribution in [3.63, 3.8) is 0 Å². The minimum absolute atomic E-state index is 0.0422. The highest BCUT2D eigenvalue weighted by atomic mass is 32.2. The van der Waals surface area contributed by atoms with Crippen LogP contribution in [0.25, 0.3) is 0 Å². The Kier molecular flexibility index (Phi) is 5.71. The fraction of sp³-hybridized carbons (Fsp3) is 0.286. The van der Waals surface area contributed by atoms with E-state index in [9.17, 15) is 9.59 Å². The van der Waals surface area contributed by atoms with Crippen LogP contribution in [0, 0.1) is 6.92 Å². The highest BCUT2D eigenvalue weighted by Crippen LogP contribution is 2.21. The number of aromatic nitrogens is 2. The summed E-state index contributed by atoms with van der Waals surface area (Å²) in [6.45, 7) is 3.90. The number of rotatable bonds is 5. The number of amides is 2. The van der Waals surface area contributed by atoms with Gasteiger partial charge in [-0.15, -0.1) is 0 Å². The van der Waals surface area contributed by atoms with Crippen LogP contribution in [0.4, 0.5) is 5.69 Å². The first-order valence-corrected chi connectivity index (χ1v) is 10.6. The van der Waals surface area contributed by atoms with Gasteiger partial charge in [-0.25, -0.2) is 0 Å². The molecular formula is C21H22N4O3S. The molecule has 3 aromatic rings. The zero-order valence-electron chi connectivity index (χ0n) is 16.1. The molecule has 1 fully saturated rings. The molecule has 150 valence electrons. The molecule has 0 aliphatic carbocycles. The van der Waals surface area contributed by atoms with Crippen molar-refractivity contribution >= 4 is 29.3 Å². The molecular weight excluding hydrogens is 388 g/mol. The zero-order valence-corrected chi connectivity index (χ0v) is 16.9. The number of anilines is 1. The highest BCUT2D eigenvalue weighted by Gasteiger charge is 2.19. The Bertz CT molecular complexity index is 1010. The third kappa shape index (κ3) is 4.54. The normalized spacial score (nSPS) is 14.0. The van der Waals surface area contributed by atoms with Gasteiger partial charge in [0, 0.05) is 48.2 Å². The maximum atomic E-state index is 12.6. The molecule has 0 bridgehead atoms. The Hall–Kier alpha value is -3.00. The van der Waals surface area contributed by atoms with Crippen molar-refractivity contribution < 1.29 is 14.0 Å². The molecule has 2 amide bonds. The first kappa shape index (κ1) is 19.3. The van der Waals surface area contributed by atoms with Crippen molar-refractivity contribution in [2.24, 2.45) is 0 Å². The first-order chi connectivity index (χ1) is 14.1. The summed E-state index contributed by atoms with van der Waals surface area (Å²) in [4.78, 5) is 27.1. The van der Waals surface area contributed by atoms with Gasteiger partial charge in [0.15, 0.2) is 5.76 Å². The second kappa shape index (κ2) is 8.57. The topological polar surface area (TPSA) is 80.4 Å². The molecule has 1 N–H and O–H groups in total. The van der Waals surface area contributed by atoms with Crippen LogP contribution in [0.5, 0.6) is 0 Å². The molecule has 4 rings (SSSR count). The average molecular weight is 410 g/mol. The van der Waals surface area contributed by atoms with Gasteiger partial charge in [-0.2, -0.15) is 16.9 Å². The number of nitrogens with one attached hydrogen (secondary N) is 1. The molecule has 0 unspecified atom stereocenters. The van der Waals surface area contributed by atoms with Crippen LogP contribution in [0.2, 0.25) is 0 Å². The second-order valence-electron chi connectivity index (χ2n) is 6.86. The van der Waals surface area contributed by atoms with Gasteiger partial charge in [-0.3, -0.25) is 14.3 Å². The standard InChI is InChI=1S/C21H22N4O3S/c1-15-13-16(21(27)24-9-11-29-12-10-24)3-5-18(15)23-20(26)19-6-4-17(28-19)14-25-8-2-7-22-25/h2-8,13H,9-12,14H2,1H3,(H,23,26). The Labute approximate surface area is 173 Å². The molecule has 2 aromatic heterocycles. The highest BCUT2D eigenvalue weighted by molar-refractivity contribution is 7.99. The predicted molar refractivity (Wildman–Crippen MR) is 112 cm³/mol. The third-order valence-corrected chi connectivity index (χ3v) is 5.72. The molecule has 1 aromatic carbocycles. The van der Waals surface area contributed by atoms with Crippen molar-refractivity contribution in [2.75, 3.05) is 29.9 Å². The van der Waals surface area contributed by atoms with Crippen LogP contribution in [0.15, 0.2) is 53.2 Å². The fourth-order valence-corrected chi connectivity index (χ4v) is 4.11. The van der Waals surface area contributed by atoms with Crippen molar-refractivity contribution in [1.82, 2.24) is 14.7 Å². The molecule has 0 atom stereocenters. The molecule has 29 heavy (non-hydrogen) atoms. The maximum Gasteiger partial charge on any atom is 0.291 e. The Morgan fingerprint density at radius 2 is 2.03 bits per heavy atom. The van der Waals surface area contributed by atoms with E-state index in [0.717, 1.165) is 30.2 Å². The number of hydrogen-bond donors (Lipinski definition) is 1. The molecule has 0 spiro atoms. The molecule has 0 saturated carbocycles. The summed E-state index contributed by atoms with van der Waals surface area (Å²) in [5.74, 6) is 2.55. The monoisotopic (exact) mass is 410 g/mol. The maximum absolute atomic E-state index is 12.6. The van der Waals surface area contributed by atoms with Gasteiger partial charge in [0.25, 0.3) is 11.8 Å². The Morgan fingerprint density at radius 1 is 1.21 bits per heavy atom. The molecule has 8 heteroatoms. The minimum atomic E-state index is -0.327. The lowest BCUT2D eigenvalue weighted by Gasteiger charge is -2.26. The van der Waals surface area contributed by atoms with E-state index in [-0.39, 0.29) is 17.6 Å². The summed E-state index contributed by atoms with van der Waals surface area (Å²) >= 11 is 1.87. The van der Waals surface area contributed by atoms with Crippen LogP contribution < -0.4 is 5.32 Å². The van der Waals surface area contributed by atoms with E-state index in [1.54, 1.807) is 35.1 Å². The van der Waals surface area contributed by atoms with Gasteiger partial charge in [0.2, 0.25) is 0 Å². The smallest absolute Gasteiger partial charge is 0.291 e. The van der Waals surface area contributed by atoms with Crippen LogP contribution in [0.3, 0.4) is 0 Å². The van der Waals surface area contributed by atoms with E-state index in [1.807, 2.05) is 41.9 Å². The second-order valence-corrected chi connectivity index (χ2v) is 8.08. The van der Waals surface area contributed by atoms with Gasteiger partial charge in [-0.05, 0) is 48.9 Å². The quantitative estimate of drug-likeness (QED) is 0.698. The molecule has 1 saturated heterocycles. The van der Waals surface area contributed by atoms with Crippen LogP contribution in [0.1, 0.15) is 32.2 Å². The minimum Gasteiger partial charge on any atom is -0.454 e. The number of furan rings is 1. The molecule has 1 aliphatic heterocycles. The molecule has 7 nitrogen and oxygen atoms in total. The van der Waals surface area contributed by atoms with Crippen LogP contribution in [-0.4, -0.2) is 51.1 Å². The first-order valence-electron chi connectivity index (χ1n) is 9.45.